The monoisotopic (exact) mass is 613 g/mol. The summed E-state index contributed by atoms with van der Waals surface area (Å²) in [5.41, 5.74) is 1.51. The number of amides is 1. The summed E-state index contributed by atoms with van der Waals surface area (Å²) in [5.74, 6) is -0.0265. The lowest BCUT2D eigenvalue weighted by Gasteiger charge is -2.15. The fourth-order valence-electron chi connectivity index (χ4n) is 1.92. The Hall–Kier alpha value is -2.44. The average molecular weight is 616 g/mol. The van der Waals surface area contributed by atoms with Crippen LogP contribution < -0.4 is 5.32 Å². The number of alkyl halides is 3. The highest BCUT2D eigenvalue weighted by atomic mass is 79.9. The van der Waals surface area contributed by atoms with Crippen molar-refractivity contribution in [3.63, 3.8) is 0 Å². The van der Waals surface area contributed by atoms with Crippen molar-refractivity contribution in [1.29, 1.82) is 0 Å². The molecule has 2 aromatic rings. The standard InChI is InChI=1S/C10H12Br2N2O.C5H6ClN.C5H3F3N2O/c1-13-9-7(10(15)14(2)3)4-6(11)5-8(9)12;1-2-4-7-5-3-6;6-5(7,8)4-1-3(2-11)9-10-4/h4-5,13H,1-3H3;2-5H,1H2;1-2H,(H,9,10)/b;5-3+,7-4?;. The van der Waals surface area contributed by atoms with Crippen molar-refractivity contribution in [2.75, 3.05) is 26.5 Å². The van der Waals surface area contributed by atoms with Crippen molar-refractivity contribution in [3.05, 3.63) is 68.5 Å². The van der Waals surface area contributed by atoms with Crippen LogP contribution in [0.3, 0.4) is 0 Å². The summed E-state index contributed by atoms with van der Waals surface area (Å²) in [6.45, 7) is 3.41. The Morgan fingerprint density at radius 1 is 1.30 bits per heavy atom. The second-order valence-electron chi connectivity index (χ2n) is 5.89. The first-order valence-electron chi connectivity index (χ1n) is 8.78. The maximum absolute atomic E-state index is 11.9. The van der Waals surface area contributed by atoms with Crippen LogP contribution in [-0.4, -0.2) is 54.6 Å². The topological polar surface area (TPSA) is 90.5 Å². The number of aromatic nitrogens is 2. The lowest BCUT2D eigenvalue weighted by atomic mass is 10.1. The summed E-state index contributed by atoms with van der Waals surface area (Å²) in [6.07, 6.45) is 0.388. The van der Waals surface area contributed by atoms with Crippen LogP contribution in [0, 0.1) is 0 Å². The number of halogens is 6. The van der Waals surface area contributed by atoms with Gasteiger partial charge in [0.15, 0.2) is 6.29 Å². The van der Waals surface area contributed by atoms with E-state index in [-0.39, 0.29) is 17.9 Å². The minimum Gasteiger partial charge on any atom is -0.387 e. The van der Waals surface area contributed by atoms with E-state index >= 15 is 0 Å². The van der Waals surface area contributed by atoms with Crippen molar-refractivity contribution in [2.45, 2.75) is 6.18 Å². The smallest absolute Gasteiger partial charge is 0.387 e. The molecule has 0 atom stereocenters. The van der Waals surface area contributed by atoms with Crippen molar-refractivity contribution in [1.82, 2.24) is 15.1 Å². The summed E-state index contributed by atoms with van der Waals surface area (Å²) >= 11 is 11.9. The molecule has 7 nitrogen and oxygen atoms in total. The Kier molecular flexibility index (Phi) is 14.3. The number of hydrogen-bond donors (Lipinski definition) is 2. The Bertz CT molecular complexity index is 993. The molecule has 1 heterocycles. The molecule has 13 heteroatoms. The molecule has 0 radical (unpaired) electrons. The Labute approximate surface area is 211 Å². The number of benzene rings is 1. The molecule has 0 aliphatic rings. The number of anilines is 1. The molecule has 0 aliphatic heterocycles. The van der Waals surface area contributed by atoms with Crippen LogP contribution >= 0.6 is 43.5 Å². The van der Waals surface area contributed by atoms with Gasteiger partial charge in [-0.1, -0.05) is 40.2 Å². The zero-order valence-electron chi connectivity index (χ0n) is 17.8. The van der Waals surface area contributed by atoms with E-state index in [1.807, 2.05) is 6.07 Å². The quantitative estimate of drug-likeness (QED) is 0.312. The van der Waals surface area contributed by atoms with E-state index in [2.05, 4.69) is 53.8 Å². The molecule has 0 unspecified atom stereocenters. The predicted octanol–water partition coefficient (Wildman–Crippen LogP) is 6.15. The van der Waals surface area contributed by atoms with Gasteiger partial charge in [0.25, 0.3) is 5.91 Å². The third kappa shape index (κ3) is 11.3. The van der Waals surface area contributed by atoms with Gasteiger partial charge in [0.1, 0.15) is 11.4 Å². The van der Waals surface area contributed by atoms with E-state index in [0.717, 1.165) is 14.6 Å². The fraction of sp³-hybridized carbons (Fsp3) is 0.200. The van der Waals surface area contributed by atoms with Gasteiger partial charge in [0, 0.05) is 48.0 Å². The van der Waals surface area contributed by atoms with E-state index in [9.17, 15) is 22.8 Å². The molecule has 0 bridgehead atoms. The predicted molar refractivity (Wildman–Crippen MR) is 132 cm³/mol. The van der Waals surface area contributed by atoms with Gasteiger partial charge >= 0.3 is 6.18 Å². The number of aliphatic imine (C=N–C) groups is 1. The number of H-pyrrole nitrogens is 1. The molecule has 33 heavy (non-hydrogen) atoms. The van der Waals surface area contributed by atoms with Crippen molar-refractivity contribution >= 4 is 67.6 Å². The van der Waals surface area contributed by atoms with Crippen LogP contribution in [0.25, 0.3) is 0 Å². The van der Waals surface area contributed by atoms with Crippen LogP contribution in [0.1, 0.15) is 26.5 Å². The number of carbonyl (C=O) groups is 2. The lowest BCUT2D eigenvalue weighted by molar-refractivity contribution is -0.141. The van der Waals surface area contributed by atoms with Crippen molar-refractivity contribution in [3.8, 4) is 0 Å². The first-order valence-corrected chi connectivity index (χ1v) is 10.8. The van der Waals surface area contributed by atoms with Crippen molar-refractivity contribution < 1.29 is 22.8 Å². The average Bonchev–Trinajstić information content (AvgIpc) is 3.24. The molecule has 1 amide bonds. The molecular weight excluding hydrogens is 595 g/mol. The third-order valence-corrected chi connectivity index (χ3v) is 4.50. The molecule has 180 valence electrons. The number of allylic oxidation sites excluding steroid dienone is 1. The fourth-order valence-corrected chi connectivity index (χ4v) is 3.41. The largest absolute Gasteiger partial charge is 0.432 e. The summed E-state index contributed by atoms with van der Waals surface area (Å²) in [5, 5.41) is 7.79. The van der Waals surface area contributed by atoms with E-state index in [1.54, 1.807) is 49.5 Å². The summed E-state index contributed by atoms with van der Waals surface area (Å²) in [4.78, 5) is 27.0. The Balaban J connectivity index is 0.000000501. The van der Waals surface area contributed by atoms with Crippen LogP contribution in [0.15, 0.2) is 56.5 Å². The molecule has 0 spiro atoms. The molecular formula is C20H21Br2ClF3N5O2. The number of carbonyl (C=O) groups excluding carboxylic acids is 2. The van der Waals surface area contributed by atoms with E-state index in [4.69, 9.17) is 11.6 Å². The molecule has 0 saturated heterocycles. The second kappa shape index (κ2) is 15.4. The molecule has 2 rings (SSSR count). The maximum atomic E-state index is 11.9. The van der Waals surface area contributed by atoms with Gasteiger partial charge in [0.2, 0.25) is 0 Å². The third-order valence-electron chi connectivity index (χ3n) is 3.30. The van der Waals surface area contributed by atoms with Crippen LogP contribution in [0.2, 0.25) is 0 Å². The number of nitrogens with zero attached hydrogens (tertiary/aromatic N) is 3. The molecule has 1 aromatic carbocycles. The van der Waals surface area contributed by atoms with Gasteiger partial charge in [-0.15, -0.1) is 0 Å². The highest BCUT2D eigenvalue weighted by Gasteiger charge is 2.32. The summed E-state index contributed by atoms with van der Waals surface area (Å²) in [7, 11) is 5.26. The highest BCUT2D eigenvalue weighted by molar-refractivity contribution is 9.11. The Morgan fingerprint density at radius 2 is 1.94 bits per heavy atom. The zero-order chi connectivity index (χ0) is 25.6. The van der Waals surface area contributed by atoms with Gasteiger partial charge < -0.3 is 10.2 Å². The first kappa shape index (κ1) is 30.6. The van der Waals surface area contributed by atoms with Gasteiger partial charge in [-0.3, -0.25) is 19.7 Å². The van der Waals surface area contributed by atoms with Gasteiger partial charge in [-0.2, -0.15) is 18.3 Å². The zero-order valence-corrected chi connectivity index (χ0v) is 21.7. The SMILES string of the molecule is C=CC=N/C=C/Cl.CNc1c(Br)cc(Br)cc1C(=O)N(C)C.O=Cc1cc(C(F)(F)F)[nH]n1. The normalized spacial score (nSPS) is 10.7. The molecule has 0 fully saturated rings. The van der Waals surface area contributed by atoms with Gasteiger partial charge in [-0.25, -0.2) is 0 Å². The molecule has 2 N–H and O–H groups in total. The second-order valence-corrected chi connectivity index (χ2v) is 7.91. The van der Waals surface area contributed by atoms with Crippen LogP contribution in [0.5, 0.6) is 0 Å². The van der Waals surface area contributed by atoms with E-state index < -0.39 is 11.9 Å². The number of aldehydes is 1. The first-order chi connectivity index (χ1) is 15.4. The van der Waals surface area contributed by atoms with Crippen LogP contribution in [0.4, 0.5) is 18.9 Å². The number of hydrogen-bond acceptors (Lipinski definition) is 5. The Morgan fingerprint density at radius 3 is 2.33 bits per heavy atom. The number of aromatic amines is 1. The summed E-state index contributed by atoms with van der Waals surface area (Å²) < 4.78 is 37.0. The van der Waals surface area contributed by atoms with Gasteiger partial charge in [0.05, 0.1) is 11.3 Å². The van der Waals surface area contributed by atoms with E-state index in [0.29, 0.717) is 11.6 Å². The summed E-state index contributed by atoms with van der Waals surface area (Å²) in [6, 6.07) is 4.35. The number of nitrogens with one attached hydrogen (secondary N) is 2. The van der Waals surface area contributed by atoms with Crippen molar-refractivity contribution in [2.24, 2.45) is 4.99 Å². The minimum atomic E-state index is -4.46. The highest BCUT2D eigenvalue weighted by Crippen LogP contribution is 2.31. The van der Waals surface area contributed by atoms with Crippen LogP contribution in [-0.2, 0) is 6.18 Å². The molecule has 1 aromatic heterocycles. The van der Waals surface area contributed by atoms with Gasteiger partial charge in [-0.05, 0) is 34.1 Å². The number of rotatable bonds is 5. The lowest BCUT2D eigenvalue weighted by Crippen LogP contribution is -2.22. The molecule has 0 aliphatic carbocycles. The minimum absolute atomic E-state index is 0.0265. The molecule has 0 saturated carbocycles. The maximum Gasteiger partial charge on any atom is 0.432 e. The van der Waals surface area contributed by atoms with E-state index in [1.165, 1.54) is 11.7 Å².